The molecule has 0 radical (unpaired) electrons. The molecule has 0 bridgehead atoms. The number of hydrogen-bond acceptors (Lipinski definition) is 4. The summed E-state index contributed by atoms with van der Waals surface area (Å²) in [5, 5.41) is 2.25. The van der Waals surface area contributed by atoms with Crippen LogP contribution in [0.2, 0.25) is 0 Å². The number of aromatic nitrogens is 2. The number of hydrogen-bond donors (Lipinski definition) is 0. The molecule has 0 saturated carbocycles. The van der Waals surface area contributed by atoms with E-state index in [-0.39, 0.29) is 38.7 Å². The van der Waals surface area contributed by atoms with Crippen molar-refractivity contribution in [3.63, 3.8) is 0 Å². The number of fused-ring (bicyclic) bond motifs is 4. The van der Waals surface area contributed by atoms with E-state index in [0.717, 1.165) is 50.4 Å². The van der Waals surface area contributed by atoms with Crippen LogP contribution in [0.4, 0.5) is 22.7 Å². The first-order valence-electron chi connectivity index (χ1n) is 18.5. The third-order valence-electron chi connectivity index (χ3n) is 10.2. The Morgan fingerprint density at radius 3 is 1.91 bits per heavy atom. The molecule has 0 unspecified atom stereocenters. The molecule has 0 aliphatic carbocycles. The zero-order chi connectivity index (χ0) is 37.3. The van der Waals surface area contributed by atoms with Crippen molar-refractivity contribution in [1.82, 2.24) is 9.55 Å². The number of benzene rings is 5. The summed E-state index contributed by atoms with van der Waals surface area (Å²) in [6, 6.07) is 45.6. The van der Waals surface area contributed by atoms with Crippen LogP contribution in [-0.2, 0) is 37.3 Å². The molecule has 1 aliphatic heterocycles. The van der Waals surface area contributed by atoms with Gasteiger partial charge in [0.05, 0.1) is 0 Å². The number of rotatable bonds is 5. The van der Waals surface area contributed by atoms with Crippen molar-refractivity contribution in [3.8, 4) is 17.3 Å². The molecule has 0 spiro atoms. The van der Waals surface area contributed by atoms with Crippen molar-refractivity contribution in [2.45, 2.75) is 78.6 Å². The molecule has 5 aromatic carbocycles. The summed E-state index contributed by atoms with van der Waals surface area (Å²) in [6.07, 6.45) is 1.90. The monoisotopic (exact) mass is 893 g/mol. The van der Waals surface area contributed by atoms with Crippen molar-refractivity contribution in [3.05, 3.63) is 151 Å². The molecule has 0 fully saturated rings. The van der Waals surface area contributed by atoms with Crippen molar-refractivity contribution in [1.29, 1.82) is 0 Å². The van der Waals surface area contributed by atoms with E-state index in [4.69, 9.17) is 9.72 Å². The summed E-state index contributed by atoms with van der Waals surface area (Å²) in [4.78, 5) is 9.32. The SMILES string of the molecule is CC(C)(C)c1cc(N2[CH-]N(c3[c-]c(Oc4[c-]c5c(cc4)c4ccccc4n5-c4cc(C(C)(C)C)ccn4)ccc3)c3ccccc32)cc(C(C)(C)C)c1.[2HH].[Pt]. The molecule has 280 valence electrons. The second-order valence-corrected chi connectivity index (χ2v) is 17.2. The van der Waals surface area contributed by atoms with Crippen molar-refractivity contribution in [2.24, 2.45) is 0 Å². The van der Waals surface area contributed by atoms with Gasteiger partial charge < -0.3 is 19.1 Å². The van der Waals surface area contributed by atoms with Crippen LogP contribution < -0.4 is 14.5 Å². The average Bonchev–Trinajstić information content (AvgIpc) is 3.67. The van der Waals surface area contributed by atoms with Gasteiger partial charge in [-0.2, -0.15) is 12.1 Å². The minimum Gasteiger partial charge on any atom is -0.509 e. The summed E-state index contributed by atoms with van der Waals surface area (Å²) in [5.41, 5.74) is 10.1. The number of anilines is 4. The van der Waals surface area contributed by atoms with Gasteiger partial charge in [-0.3, -0.25) is 0 Å². The van der Waals surface area contributed by atoms with Gasteiger partial charge in [-0.25, -0.2) is 4.98 Å². The number of ether oxygens (including phenoxy) is 1. The minimum absolute atomic E-state index is 0. The smallest absolute Gasteiger partial charge is 0.135 e. The fourth-order valence-electron chi connectivity index (χ4n) is 7.06. The first-order chi connectivity index (χ1) is 25.1. The molecule has 0 atom stereocenters. The molecule has 0 N–H and O–H groups in total. The summed E-state index contributed by atoms with van der Waals surface area (Å²) in [7, 11) is 0. The van der Waals surface area contributed by atoms with Gasteiger partial charge >= 0.3 is 0 Å². The predicted molar refractivity (Wildman–Crippen MR) is 222 cm³/mol. The molecule has 1 aliphatic rings. The third-order valence-corrected chi connectivity index (χ3v) is 10.2. The van der Waals surface area contributed by atoms with Crippen LogP contribution in [0.15, 0.2) is 115 Å². The predicted octanol–water partition coefficient (Wildman–Crippen LogP) is 13.1. The minimum atomic E-state index is -0.00850. The van der Waals surface area contributed by atoms with Gasteiger partial charge in [-0.1, -0.05) is 104 Å². The van der Waals surface area contributed by atoms with Crippen LogP contribution in [0.25, 0.3) is 27.6 Å². The van der Waals surface area contributed by atoms with Crippen LogP contribution in [0.1, 0.15) is 80.4 Å². The van der Waals surface area contributed by atoms with Crippen molar-refractivity contribution < 1.29 is 27.2 Å². The zero-order valence-electron chi connectivity index (χ0n) is 32.6. The van der Waals surface area contributed by atoms with E-state index >= 15 is 0 Å². The number of para-hydroxylation sites is 3. The number of nitrogens with zero attached hydrogens (tertiary/aromatic N) is 4. The maximum atomic E-state index is 6.56. The molecule has 0 amide bonds. The van der Waals surface area contributed by atoms with Gasteiger partial charge in [0.1, 0.15) is 5.82 Å². The van der Waals surface area contributed by atoms with Crippen molar-refractivity contribution >= 4 is 44.6 Å². The maximum absolute atomic E-state index is 6.56. The zero-order valence-corrected chi connectivity index (χ0v) is 34.8. The van der Waals surface area contributed by atoms with E-state index in [0.29, 0.717) is 11.5 Å². The summed E-state index contributed by atoms with van der Waals surface area (Å²) >= 11 is 0. The van der Waals surface area contributed by atoms with Crippen LogP contribution in [0.3, 0.4) is 0 Å². The standard InChI is InChI=1S/C48H47N4O.Pt.H2/c1-46(2,3)32-23-24-49-45(28-32)52-41-18-11-10-17-39(41)40-22-21-38(30-44(40)52)53-37-16-14-15-35(29-37)50-31-51(43-20-13-12-19-42(43)50)36-26-33(47(4,5)6)25-34(27-36)48(7,8)9;;/h10-28,31H,1-9H3;;1H/q-3;;/i;;1+1. The van der Waals surface area contributed by atoms with Gasteiger partial charge in [0.2, 0.25) is 0 Å². The Morgan fingerprint density at radius 1 is 0.593 bits per heavy atom. The third kappa shape index (κ3) is 6.95. The van der Waals surface area contributed by atoms with Crippen LogP contribution in [0.5, 0.6) is 11.5 Å². The molecular weight excluding hydrogens is 844 g/mol. The Bertz CT molecular complexity index is 2470. The normalized spacial score (nSPS) is 13.4. The molecule has 7 aromatic rings. The van der Waals surface area contributed by atoms with E-state index in [1.807, 2.05) is 24.4 Å². The summed E-state index contributed by atoms with van der Waals surface area (Å²) in [5.74, 6) is 2.09. The summed E-state index contributed by atoms with van der Waals surface area (Å²) in [6.45, 7) is 22.5. The molecule has 54 heavy (non-hydrogen) atoms. The quantitative estimate of drug-likeness (QED) is 0.161. The van der Waals surface area contributed by atoms with Gasteiger partial charge in [0.25, 0.3) is 0 Å². The van der Waals surface area contributed by atoms with E-state index in [1.54, 1.807) is 0 Å². The topological polar surface area (TPSA) is 33.5 Å². The molecule has 5 nitrogen and oxygen atoms in total. The van der Waals surface area contributed by atoms with E-state index in [1.165, 1.54) is 16.7 Å². The first kappa shape index (κ1) is 37.5. The molecule has 0 saturated heterocycles. The Balaban J connectivity index is 0.00000257. The van der Waals surface area contributed by atoms with Crippen LogP contribution in [0, 0.1) is 18.8 Å². The molecule has 2 aromatic heterocycles. The second-order valence-electron chi connectivity index (χ2n) is 17.2. The van der Waals surface area contributed by atoms with Gasteiger partial charge in [-0.15, -0.1) is 48.1 Å². The molecule has 3 heterocycles. The molecular formula is C48H49N4OPt-3. The summed E-state index contributed by atoms with van der Waals surface area (Å²) < 4.78 is 8.75. The van der Waals surface area contributed by atoms with E-state index < -0.39 is 0 Å². The fraction of sp³-hybridized carbons (Fsp3) is 0.250. The first-order valence-corrected chi connectivity index (χ1v) is 18.5. The largest absolute Gasteiger partial charge is 0.509 e. The van der Waals surface area contributed by atoms with Gasteiger partial charge in [0.15, 0.2) is 0 Å². The average molecular weight is 894 g/mol. The molecule has 6 heteroatoms. The second kappa shape index (κ2) is 13.8. The van der Waals surface area contributed by atoms with Gasteiger partial charge in [0, 0.05) is 62.8 Å². The van der Waals surface area contributed by atoms with Crippen molar-refractivity contribution in [2.75, 3.05) is 9.80 Å². The fourth-order valence-corrected chi connectivity index (χ4v) is 7.06. The Hall–Kier alpha value is -4.86. The van der Waals surface area contributed by atoms with Crippen LogP contribution in [-0.4, -0.2) is 9.55 Å². The van der Waals surface area contributed by atoms with Crippen LogP contribution >= 0.6 is 0 Å². The van der Waals surface area contributed by atoms with E-state index in [9.17, 15) is 0 Å². The Morgan fingerprint density at radius 2 is 1.22 bits per heavy atom. The Kier molecular flexibility index (Phi) is 9.55. The Labute approximate surface area is 336 Å². The van der Waals surface area contributed by atoms with E-state index in [2.05, 4.69) is 186 Å². The maximum Gasteiger partial charge on any atom is 0.135 e. The number of pyridine rings is 1. The van der Waals surface area contributed by atoms with Gasteiger partial charge in [-0.05, 0) is 80.8 Å². The molecule has 8 rings (SSSR count).